The van der Waals surface area contributed by atoms with Crippen molar-refractivity contribution in [1.29, 1.82) is 0 Å². The Hall–Kier alpha value is -1.12. The number of nitrogens with two attached hydrogens (primary N) is 1. The Morgan fingerprint density at radius 2 is 2.21 bits per heavy atom. The molecule has 0 aromatic carbocycles. The Morgan fingerprint density at radius 1 is 1.64 bits per heavy atom. The summed E-state index contributed by atoms with van der Waals surface area (Å²) < 4.78 is 25.4. The first-order valence-electron chi connectivity index (χ1n) is 3.71. The lowest BCUT2D eigenvalue weighted by molar-refractivity contribution is -0.0258. The first kappa shape index (κ1) is 11.0. The summed E-state index contributed by atoms with van der Waals surface area (Å²) in [7, 11) is 0.423. The van der Waals surface area contributed by atoms with Gasteiger partial charge in [0.1, 0.15) is 4.90 Å². The summed E-state index contributed by atoms with van der Waals surface area (Å²) in [6, 6.07) is 0. The summed E-state index contributed by atoms with van der Waals surface area (Å²) in [6.07, 6.45) is 1.32. The van der Waals surface area contributed by atoms with Gasteiger partial charge in [-0.2, -0.15) is 5.10 Å². The second-order valence-corrected chi connectivity index (χ2v) is 4.55. The van der Waals surface area contributed by atoms with E-state index in [1.54, 1.807) is 7.05 Å². The Bertz CT molecular complexity index is 424. The zero-order valence-corrected chi connectivity index (χ0v) is 8.95. The van der Waals surface area contributed by atoms with Crippen LogP contribution in [-0.2, 0) is 21.9 Å². The maximum Gasteiger partial charge on any atom is 0.269 e. The molecule has 0 aliphatic heterocycles. The molecular weight excluding hydrogens is 208 g/mol. The molecule has 0 unspecified atom stereocenters. The molecular formula is C6H12N4O3S. The zero-order valence-electron chi connectivity index (χ0n) is 8.13. The predicted molar refractivity (Wildman–Crippen MR) is 49.6 cm³/mol. The molecule has 8 heteroatoms. The van der Waals surface area contributed by atoms with E-state index in [4.69, 9.17) is 5.73 Å². The summed E-state index contributed by atoms with van der Waals surface area (Å²) >= 11 is 0. The SMILES string of the molecule is CON(C)S(=O)(=O)c1cn(C)nc1N. The fraction of sp³-hybridized carbons (Fsp3) is 0.500. The molecule has 0 fully saturated rings. The number of hydrogen-bond donors (Lipinski definition) is 1. The van der Waals surface area contributed by atoms with Crippen molar-refractivity contribution in [2.45, 2.75) is 4.90 Å². The van der Waals surface area contributed by atoms with Gasteiger partial charge in [-0.05, 0) is 0 Å². The molecule has 1 aromatic heterocycles. The second kappa shape index (κ2) is 3.56. The maximum atomic E-state index is 11.7. The van der Waals surface area contributed by atoms with Gasteiger partial charge in [-0.15, -0.1) is 0 Å². The van der Waals surface area contributed by atoms with Crippen LogP contribution >= 0.6 is 0 Å². The highest BCUT2D eigenvalue weighted by atomic mass is 32.2. The minimum absolute atomic E-state index is 0.0450. The quantitative estimate of drug-likeness (QED) is 0.672. The first-order valence-corrected chi connectivity index (χ1v) is 5.15. The van der Waals surface area contributed by atoms with Crippen molar-refractivity contribution in [2.24, 2.45) is 7.05 Å². The highest BCUT2D eigenvalue weighted by Crippen LogP contribution is 2.19. The smallest absolute Gasteiger partial charge is 0.269 e. The number of nitrogens with zero attached hydrogens (tertiary/aromatic N) is 3. The van der Waals surface area contributed by atoms with Gasteiger partial charge < -0.3 is 5.73 Å². The number of rotatable bonds is 3. The van der Waals surface area contributed by atoms with Crippen molar-refractivity contribution < 1.29 is 13.3 Å². The minimum atomic E-state index is -3.70. The second-order valence-electron chi connectivity index (χ2n) is 2.65. The molecule has 80 valence electrons. The molecule has 0 saturated heterocycles. The predicted octanol–water partition coefficient (Wildman–Crippen LogP) is -0.816. The lowest BCUT2D eigenvalue weighted by Gasteiger charge is -2.12. The third kappa shape index (κ3) is 1.72. The van der Waals surface area contributed by atoms with Crippen molar-refractivity contribution in [3.05, 3.63) is 6.20 Å². The van der Waals surface area contributed by atoms with Gasteiger partial charge in [-0.25, -0.2) is 8.42 Å². The van der Waals surface area contributed by atoms with E-state index >= 15 is 0 Å². The number of hydroxylamine groups is 1. The standard InChI is InChI=1S/C6H12N4O3S/c1-9-4-5(6(7)8-9)14(11,12)10(2)13-3/h4H,1-3H3,(H2,7,8). The summed E-state index contributed by atoms with van der Waals surface area (Å²) in [5.74, 6) is -0.0450. The van der Waals surface area contributed by atoms with Gasteiger partial charge in [0, 0.05) is 20.3 Å². The first-order chi connectivity index (χ1) is 6.39. The van der Waals surface area contributed by atoms with Gasteiger partial charge in [0.15, 0.2) is 5.82 Å². The lowest BCUT2D eigenvalue weighted by Crippen LogP contribution is -2.26. The fourth-order valence-corrected chi connectivity index (χ4v) is 1.98. The molecule has 0 spiro atoms. The average molecular weight is 220 g/mol. The van der Waals surface area contributed by atoms with E-state index < -0.39 is 10.0 Å². The van der Waals surface area contributed by atoms with Crippen molar-refractivity contribution >= 4 is 15.8 Å². The van der Waals surface area contributed by atoms with E-state index in [0.717, 1.165) is 4.47 Å². The van der Waals surface area contributed by atoms with Crippen LogP contribution in [0, 0.1) is 0 Å². The molecule has 0 aliphatic carbocycles. The van der Waals surface area contributed by atoms with Gasteiger partial charge in [-0.1, -0.05) is 4.47 Å². The number of aromatic nitrogens is 2. The molecule has 7 nitrogen and oxygen atoms in total. The fourth-order valence-electron chi connectivity index (χ4n) is 0.919. The number of aryl methyl sites for hydroxylation is 1. The van der Waals surface area contributed by atoms with Crippen molar-refractivity contribution in [3.8, 4) is 0 Å². The van der Waals surface area contributed by atoms with Crippen LogP contribution in [0.1, 0.15) is 0 Å². The van der Waals surface area contributed by atoms with E-state index in [2.05, 4.69) is 9.94 Å². The Morgan fingerprint density at radius 3 is 2.57 bits per heavy atom. The van der Waals surface area contributed by atoms with Gasteiger partial charge in [0.05, 0.1) is 7.11 Å². The molecule has 14 heavy (non-hydrogen) atoms. The van der Waals surface area contributed by atoms with Crippen molar-refractivity contribution in [3.63, 3.8) is 0 Å². The molecule has 0 amide bonds. The minimum Gasteiger partial charge on any atom is -0.381 e. The molecule has 0 radical (unpaired) electrons. The van der Waals surface area contributed by atoms with Crippen LogP contribution in [0.25, 0.3) is 0 Å². The summed E-state index contributed by atoms with van der Waals surface area (Å²) in [4.78, 5) is 4.52. The average Bonchev–Trinajstić information content (AvgIpc) is 2.44. The van der Waals surface area contributed by atoms with E-state index in [0.29, 0.717) is 0 Å². The molecule has 0 bridgehead atoms. The van der Waals surface area contributed by atoms with Crippen LogP contribution in [0.3, 0.4) is 0 Å². The topological polar surface area (TPSA) is 90.5 Å². The van der Waals surface area contributed by atoms with Crippen molar-refractivity contribution in [2.75, 3.05) is 19.9 Å². The van der Waals surface area contributed by atoms with Gasteiger partial charge in [-0.3, -0.25) is 9.52 Å². The van der Waals surface area contributed by atoms with Crippen molar-refractivity contribution in [1.82, 2.24) is 14.2 Å². The van der Waals surface area contributed by atoms with E-state index in [1.807, 2.05) is 0 Å². The highest BCUT2D eigenvalue weighted by molar-refractivity contribution is 7.89. The molecule has 0 aliphatic rings. The van der Waals surface area contributed by atoms with Crippen LogP contribution in [0.5, 0.6) is 0 Å². The normalized spacial score (nSPS) is 12.3. The Kier molecular flexibility index (Phi) is 2.79. The third-order valence-corrected chi connectivity index (χ3v) is 3.39. The maximum absolute atomic E-state index is 11.7. The number of sulfonamides is 1. The monoisotopic (exact) mass is 220 g/mol. The van der Waals surface area contributed by atoms with Crippen LogP contribution in [-0.4, -0.2) is 36.8 Å². The zero-order chi connectivity index (χ0) is 10.9. The number of nitrogen functional groups attached to an aromatic ring is 1. The van der Waals surface area contributed by atoms with Crippen LogP contribution in [0.4, 0.5) is 5.82 Å². The molecule has 1 heterocycles. The number of hydrogen-bond acceptors (Lipinski definition) is 5. The Balaban J connectivity index is 3.23. The summed E-state index contributed by atoms with van der Waals surface area (Å²) in [5.41, 5.74) is 5.43. The van der Waals surface area contributed by atoms with Gasteiger partial charge in [0.25, 0.3) is 10.0 Å². The van der Waals surface area contributed by atoms with Gasteiger partial charge >= 0.3 is 0 Å². The Labute approximate surface area is 82.1 Å². The largest absolute Gasteiger partial charge is 0.381 e. The van der Waals surface area contributed by atoms with E-state index in [-0.39, 0.29) is 10.7 Å². The van der Waals surface area contributed by atoms with E-state index in [1.165, 1.54) is 25.0 Å². The third-order valence-electron chi connectivity index (χ3n) is 1.70. The van der Waals surface area contributed by atoms with Gasteiger partial charge in [0.2, 0.25) is 0 Å². The molecule has 1 aromatic rings. The molecule has 2 N–H and O–H groups in total. The summed E-state index contributed by atoms with van der Waals surface area (Å²) in [5, 5.41) is 3.73. The molecule has 0 atom stereocenters. The lowest BCUT2D eigenvalue weighted by atomic mass is 10.7. The van der Waals surface area contributed by atoms with Crippen LogP contribution in [0.2, 0.25) is 0 Å². The summed E-state index contributed by atoms with van der Waals surface area (Å²) in [6.45, 7) is 0. The molecule has 1 rings (SSSR count). The van der Waals surface area contributed by atoms with Crippen LogP contribution < -0.4 is 5.73 Å². The van der Waals surface area contributed by atoms with Crippen LogP contribution in [0.15, 0.2) is 11.1 Å². The molecule has 0 saturated carbocycles. The number of anilines is 1. The van der Waals surface area contributed by atoms with E-state index in [9.17, 15) is 8.42 Å². The highest BCUT2D eigenvalue weighted by Gasteiger charge is 2.25.